The van der Waals surface area contributed by atoms with Crippen LogP contribution in [0.4, 0.5) is 0 Å². The fourth-order valence-electron chi connectivity index (χ4n) is 2.25. The van der Waals surface area contributed by atoms with Crippen LogP contribution in [0, 0.1) is 4.64 Å². The Hall–Kier alpha value is -1.59. The van der Waals surface area contributed by atoms with Crippen LogP contribution in [-0.4, -0.2) is 15.0 Å². The Morgan fingerprint density at radius 1 is 1.14 bits per heavy atom. The molecule has 0 spiro atoms. The number of hydrogen-bond donors (Lipinski definition) is 1. The molecule has 3 aromatic rings. The highest BCUT2D eigenvalue weighted by Gasteiger charge is 2.09. The Morgan fingerprint density at radius 3 is 2.76 bits per heavy atom. The fourth-order valence-corrected chi connectivity index (χ4v) is 2.85. The van der Waals surface area contributed by atoms with Gasteiger partial charge in [0, 0.05) is 11.1 Å². The molecule has 0 aliphatic rings. The number of aromatic nitrogens is 3. The molecular weight excluding hydrogens is 346 g/mol. The van der Waals surface area contributed by atoms with Crippen molar-refractivity contribution in [3.8, 4) is 11.5 Å². The topological polar surface area (TPSA) is 41.6 Å². The van der Waals surface area contributed by atoms with E-state index in [1.165, 1.54) is 0 Å². The van der Waals surface area contributed by atoms with Crippen molar-refractivity contribution >= 4 is 39.1 Å². The molecule has 0 aliphatic carbocycles. The van der Waals surface area contributed by atoms with Crippen molar-refractivity contribution in [3.05, 3.63) is 51.2 Å². The lowest BCUT2D eigenvalue weighted by Gasteiger charge is -2.08. The smallest absolute Gasteiger partial charge is 0.157 e. The van der Waals surface area contributed by atoms with Crippen LogP contribution in [0.15, 0.2) is 40.9 Å². The van der Waals surface area contributed by atoms with E-state index >= 15 is 0 Å². The monoisotopic (exact) mass is 359 g/mol. The molecule has 1 N–H and O–H groups in total. The first-order valence-corrected chi connectivity index (χ1v) is 8.04. The van der Waals surface area contributed by atoms with Crippen LogP contribution in [0.5, 0.6) is 0 Å². The molecule has 0 saturated heterocycles. The first-order valence-electron chi connectivity index (χ1n) is 6.84. The number of aromatic amines is 1. The summed E-state index contributed by atoms with van der Waals surface area (Å²) in [5, 5.41) is 1.12. The molecule has 5 heteroatoms. The maximum absolute atomic E-state index is 5.33. The summed E-state index contributed by atoms with van der Waals surface area (Å²) in [7, 11) is 0. The number of fused-ring (bicyclic) bond motifs is 1. The Bertz CT molecular complexity index is 858. The number of pyridine rings is 1. The fraction of sp³-hybridized carbons (Fsp3) is 0.188. The van der Waals surface area contributed by atoms with Gasteiger partial charge in [-0.3, -0.25) is 0 Å². The molecule has 3 rings (SSSR count). The molecule has 0 saturated carbocycles. The molecule has 0 fully saturated rings. The van der Waals surface area contributed by atoms with Crippen molar-refractivity contribution in [1.29, 1.82) is 0 Å². The minimum absolute atomic E-state index is 0.571. The zero-order valence-corrected chi connectivity index (χ0v) is 14.0. The summed E-state index contributed by atoms with van der Waals surface area (Å²) < 4.78 is 1.45. The minimum atomic E-state index is 0.571. The first-order chi connectivity index (χ1) is 10.2. The summed E-state index contributed by atoms with van der Waals surface area (Å²) in [6, 6.07) is 12.1. The zero-order chi connectivity index (χ0) is 14.8. The normalized spacial score (nSPS) is 11.0. The molecule has 21 heavy (non-hydrogen) atoms. The molecule has 106 valence electrons. The number of nitrogens with one attached hydrogen (secondary N) is 1. The van der Waals surface area contributed by atoms with Gasteiger partial charge in [0.1, 0.15) is 10.3 Å². The van der Waals surface area contributed by atoms with Gasteiger partial charge in [-0.2, -0.15) is 0 Å². The van der Waals surface area contributed by atoms with Crippen LogP contribution >= 0.6 is 28.1 Å². The van der Waals surface area contributed by atoms with E-state index in [1.54, 1.807) is 0 Å². The number of benzene rings is 1. The summed E-state index contributed by atoms with van der Waals surface area (Å²) in [6.07, 6.45) is 1.96. The maximum Gasteiger partial charge on any atom is 0.157 e. The third kappa shape index (κ3) is 2.89. The van der Waals surface area contributed by atoms with Crippen LogP contribution in [0.3, 0.4) is 0 Å². The molecule has 2 aromatic heterocycles. The number of nitrogens with zero attached hydrogens (tertiary/aromatic N) is 2. The van der Waals surface area contributed by atoms with Gasteiger partial charge >= 0.3 is 0 Å². The van der Waals surface area contributed by atoms with Gasteiger partial charge in [-0.1, -0.05) is 49.8 Å². The highest BCUT2D eigenvalue weighted by Crippen LogP contribution is 2.23. The molecule has 0 atom stereocenters. The van der Waals surface area contributed by atoms with Crippen LogP contribution in [-0.2, 0) is 6.42 Å². The summed E-state index contributed by atoms with van der Waals surface area (Å²) in [5.74, 6) is 0.720. The second-order valence-electron chi connectivity index (χ2n) is 4.82. The number of H-pyrrole nitrogens is 1. The second-order valence-corrected chi connectivity index (χ2v) is 6.00. The predicted octanol–water partition coefficient (Wildman–Crippen LogP) is 5.07. The summed E-state index contributed by atoms with van der Waals surface area (Å²) >= 11 is 8.84. The van der Waals surface area contributed by atoms with E-state index in [9.17, 15) is 0 Å². The molecule has 0 unspecified atom stereocenters. The molecule has 0 bridgehead atoms. The largest absolute Gasteiger partial charge is 0.341 e. The third-order valence-corrected chi connectivity index (χ3v) is 4.69. The predicted molar refractivity (Wildman–Crippen MR) is 91.9 cm³/mol. The summed E-state index contributed by atoms with van der Waals surface area (Å²) in [6.45, 7) is 2.14. The van der Waals surface area contributed by atoms with Gasteiger partial charge in [0.15, 0.2) is 5.82 Å². The summed E-state index contributed by atoms with van der Waals surface area (Å²) in [4.78, 5) is 12.5. The number of hydrogen-bond acceptors (Lipinski definition) is 3. The van der Waals surface area contributed by atoms with Crippen molar-refractivity contribution in [2.24, 2.45) is 0 Å². The maximum atomic E-state index is 5.33. The molecule has 2 heterocycles. The van der Waals surface area contributed by atoms with Crippen molar-refractivity contribution in [2.45, 2.75) is 19.8 Å². The third-order valence-electron chi connectivity index (χ3n) is 3.28. The average molecular weight is 360 g/mol. The van der Waals surface area contributed by atoms with Gasteiger partial charge in [-0.05, 0) is 34.5 Å². The number of halogens is 1. The van der Waals surface area contributed by atoms with Crippen molar-refractivity contribution in [3.63, 3.8) is 0 Å². The average Bonchev–Trinajstić information content (AvgIpc) is 2.51. The number of para-hydroxylation sites is 1. The van der Waals surface area contributed by atoms with Crippen molar-refractivity contribution in [1.82, 2.24) is 15.0 Å². The number of rotatable bonds is 3. The Labute approximate surface area is 136 Å². The lowest BCUT2D eigenvalue weighted by Crippen LogP contribution is -1.99. The van der Waals surface area contributed by atoms with Crippen LogP contribution < -0.4 is 0 Å². The highest BCUT2D eigenvalue weighted by molar-refractivity contribution is 9.10. The summed E-state index contributed by atoms with van der Waals surface area (Å²) in [5.41, 5.74) is 2.84. The van der Waals surface area contributed by atoms with Crippen molar-refractivity contribution in [2.75, 3.05) is 0 Å². The molecule has 0 radical (unpaired) electrons. The second kappa shape index (κ2) is 6.03. The van der Waals surface area contributed by atoms with Gasteiger partial charge in [0.25, 0.3) is 0 Å². The van der Waals surface area contributed by atoms with Gasteiger partial charge in [-0.15, -0.1) is 0 Å². The Morgan fingerprint density at radius 2 is 1.95 bits per heavy atom. The van der Waals surface area contributed by atoms with E-state index in [1.807, 2.05) is 30.3 Å². The number of aryl methyl sites for hydroxylation is 1. The van der Waals surface area contributed by atoms with Gasteiger partial charge < -0.3 is 4.98 Å². The van der Waals surface area contributed by atoms with Gasteiger partial charge in [0.2, 0.25) is 0 Å². The Balaban J connectivity index is 2.15. The van der Waals surface area contributed by atoms with E-state index in [4.69, 9.17) is 12.2 Å². The minimum Gasteiger partial charge on any atom is -0.341 e. The molecule has 0 amide bonds. The molecular formula is C16H14BrN3S. The van der Waals surface area contributed by atoms with Crippen LogP contribution in [0.2, 0.25) is 0 Å². The van der Waals surface area contributed by atoms with E-state index in [-0.39, 0.29) is 0 Å². The van der Waals surface area contributed by atoms with E-state index in [2.05, 4.69) is 43.9 Å². The lowest BCUT2D eigenvalue weighted by molar-refractivity contribution is 0.864. The van der Waals surface area contributed by atoms with E-state index in [0.29, 0.717) is 4.64 Å². The zero-order valence-electron chi connectivity index (χ0n) is 11.6. The van der Waals surface area contributed by atoms with Gasteiger partial charge in [0.05, 0.1) is 9.99 Å². The molecule has 0 aliphatic heterocycles. The van der Waals surface area contributed by atoms with E-state index < -0.39 is 0 Å². The highest BCUT2D eigenvalue weighted by atomic mass is 79.9. The quantitative estimate of drug-likeness (QED) is 0.663. The van der Waals surface area contributed by atoms with Gasteiger partial charge in [-0.25, -0.2) is 9.97 Å². The van der Waals surface area contributed by atoms with Crippen LogP contribution in [0.25, 0.3) is 22.4 Å². The molecule has 3 nitrogen and oxygen atoms in total. The standard InChI is InChI=1S/C16H14BrN3S/c1-2-5-12-14(17)16(21)20-15(19-12)13-9-8-10-6-3-4-7-11(10)18-13/h3-4,6-9H,2,5H2,1H3,(H,19,20,21). The SMILES string of the molecule is CCCc1[nH]c(-c2ccc3ccccc3n2)nc(=S)c1Br. The Kier molecular flexibility index (Phi) is 4.12. The first kappa shape index (κ1) is 14.4. The van der Waals surface area contributed by atoms with Crippen LogP contribution in [0.1, 0.15) is 19.0 Å². The van der Waals surface area contributed by atoms with Crippen molar-refractivity contribution < 1.29 is 0 Å². The lowest BCUT2D eigenvalue weighted by atomic mass is 10.2. The van der Waals surface area contributed by atoms with E-state index in [0.717, 1.165) is 45.4 Å². The molecule has 1 aromatic carbocycles.